The Hall–Kier alpha value is -2.11. The lowest BCUT2D eigenvalue weighted by atomic mass is 9.96. The highest BCUT2D eigenvalue weighted by Crippen LogP contribution is 2.27. The molecule has 2 aliphatic heterocycles. The third kappa shape index (κ3) is 5.28. The molecule has 3 heterocycles. The van der Waals surface area contributed by atoms with E-state index in [1.165, 1.54) is 32.1 Å². The molecule has 0 radical (unpaired) electrons. The number of anilines is 1. The summed E-state index contributed by atoms with van der Waals surface area (Å²) in [5.41, 5.74) is 0.666. The summed E-state index contributed by atoms with van der Waals surface area (Å²) in [5, 5.41) is 3.39. The molecule has 158 valence electrons. The molecular weight excluding hydrogens is 364 g/mol. The van der Waals surface area contributed by atoms with Crippen LogP contribution in [0.3, 0.4) is 0 Å². The predicted molar refractivity (Wildman–Crippen MR) is 114 cm³/mol. The van der Waals surface area contributed by atoms with Gasteiger partial charge in [0.1, 0.15) is 5.82 Å². The smallest absolute Gasteiger partial charge is 0.255 e. The number of hydrogen-bond acceptors (Lipinski definition) is 4. The zero-order valence-corrected chi connectivity index (χ0v) is 17.4. The average Bonchev–Trinajstić information content (AvgIpc) is 3.41. The van der Waals surface area contributed by atoms with Gasteiger partial charge in [0.05, 0.1) is 5.56 Å². The molecule has 0 atom stereocenters. The summed E-state index contributed by atoms with van der Waals surface area (Å²) in [6, 6.07) is 3.82. The van der Waals surface area contributed by atoms with Gasteiger partial charge in [0, 0.05) is 45.3 Å². The van der Waals surface area contributed by atoms with Crippen LogP contribution in [0.25, 0.3) is 0 Å². The molecule has 1 aliphatic carbocycles. The second-order valence-electron chi connectivity index (χ2n) is 8.98. The highest BCUT2D eigenvalue weighted by molar-refractivity contribution is 5.94. The molecule has 2 saturated heterocycles. The van der Waals surface area contributed by atoms with E-state index in [1.807, 2.05) is 21.9 Å². The number of pyridine rings is 1. The zero-order chi connectivity index (χ0) is 20.1. The molecule has 1 saturated carbocycles. The molecule has 6 heteroatoms. The second-order valence-corrected chi connectivity index (χ2v) is 8.98. The molecule has 1 aromatic rings. The summed E-state index contributed by atoms with van der Waals surface area (Å²) in [7, 11) is 0. The third-order valence-corrected chi connectivity index (χ3v) is 6.90. The molecule has 0 unspecified atom stereocenters. The van der Waals surface area contributed by atoms with Crippen molar-refractivity contribution in [3.05, 3.63) is 23.9 Å². The van der Waals surface area contributed by atoms with E-state index in [2.05, 4.69) is 10.3 Å². The Balaban J connectivity index is 1.20. The Bertz CT molecular complexity index is 691. The van der Waals surface area contributed by atoms with E-state index in [-0.39, 0.29) is 5.91 Å². The van der Waals surface area contributed by atoms with Crippen LogP contribution in [-0.2, 0) is 4.79 Å². The largest absolute Gasteiger partial charge is 0.370 e. The Morgan fingerprint density at radius 2 is 1.83 bits per heavy atom. The highest BCUT2D eigenvalue weighted by Gasteiger charge is 2.28. The van der Waals surface area contributed by atoms with Gasteiger partial charge in [0.15, 0.2) is 0 Å². The molecule has 0 bridgehead atoms. The Kier molecular flexibility index (Phi) is 6.67. The fourth-order valence-corrected chi connectivity index (χ4v) is 5.04. The first-order chi connectivity index (χ1) is 14.2. The lowest BCUT2D eigenvalue weighted by Gasteiger charge is -2.34. The van der Waals surface area contributed by atoms with Crippen molar-refractivity contribution in [1.29, 1.82) is 0 Å². The predicted octanol–water partition coefficient (Wildman–Crippen LogP) is 3.55. The molecule has 1 aromatic heterocycles. The zero-order valence-electron chi connectivity index (χ0n) is 17.4. The van der Waals surface area contributed by atoms with Gasteiger partial charge in [-0.15, -0.1) is 0 Å². The molecule has 29 heavy (non-hydrogen) atoms. The summed E-state index contributed by atoms with van der Waals surface area (Å²) in [5.74, 6) is 2.62. The van der Waals surface area contributed by atoms with Gasteiger partial charge >= 0.3 is 0 Å². The quantitative estimate of drug-likeness (QED) is 0.763. The fourth-order valence-electron chi connectivity index (χ4n) is 5.04. The summed E-state index contributed by atoms with van der Waals surface area (Å²) in [6.45, 7) is 4.27. The molecule has 0 aromatic carbocycles. The number of piperidine rings is 1. The van der Waals surface area contributed by atoms with Gasteiger partial charge in [0.25, 0.3) is 5.91 Å². The van der Waals surface area contributed by atoms with Crippen LogP contribution in [0.4, 0.5) is 5.82 Å². The lowest BCUT2D eigenvalue weighted by Crippen LogP contribution is -2.41. The van der Waals surface area contributed by atoms with Crippen molar-refractivity contribution in [1.82, 2.24) is 14.8 Å². The monoisotopic (exact) mass is 398 g/mol. The van der Waals surface area contributed by atoms with Crippen molar-refractivity contribution in [3.63, 3.8) is 0 Å². The molecule has 6 nitrogen and oxygen atoms in total. The summed E-state index contributed by atoms with van der Waals surface area (Å²) in [6.07, 6.45) is 12.1. The van der Waals surface area contributed by atoms with Crippen LogP contribution >= 0.6 is 0 Å². The van der Waals surface area contributed by atoms with Crippen molar-refractivity contribution >= 4 is 17.6 Å². The standard InChI is InChI=1S/C23H34N4O2/c28-22-6-3-13-27(22)17-19-10-14-26(15-11-19)23(29)20-7-8-21(25-16-20)24-12-9-18-4-1-2-5-18/h7-8,16,18-19H,1-6,9-15,17H2,(H,24,25). The molecular formula is C23H34N4O2. The lowest BCUT2D eigenvalue weighted by molar-refractivity contribution is -0.128. The normalized spacial score (nSPS) is 21.2. The van der Waals surface area contributed by atoms with Crippen LogP contribution < -0.4 is 5.32 Å². The summed E-state index contributed by atoms with van der Waals surface area (Å²) >= 11 is 0. The summed E-state index contributed by atoms with van der Waals surface area (Å²) < 4.78 is 0. The van der Waals surface area contributed by atoms with Crippen LogP contribution in [-0.4, -0.2) is 59.3 Å². The molecule has 4 rings (SSSR count). The van der Waals surface area contributed by atoms with Crippen LogP contribution in [0.1, 0.15) is 68.1 Å². The van der Waals surface area contributed by atoms with Crippen molar-refractivity contribution in [3.8, 4) is 0 Å². The molecule has 3 fully saturated rings. The number of nitrogens with zero attached hydrogens (tertiary/aromatic N) is 3. The van der Waals surface area contributed by atoms with E-state index in [0.29, 0.717) is 23.8 Å². The van der Waals surface area contributed by atoms with Crippen molar-refractivity contribution in [2.75, 3.05) is 38.0 Å². The number of carbonyl (C=O) groups excluding carboxylic acids is 2. The van der Waals surface area contributed by atoms with Crippen molar-refractivity contribution in [2.24, 2.45) is 11.8 Å². The number of nitrogens with one attached hydrogen (secondary N) is 1. The van der Waals surface area contributed by atoms with Crippen LogP contribution in [0.5, 0.6) is 0 Å². The van der Waals surface area contributed by atoms with Gasteiger partial charge < -0.3 is 15.1 Å². The third-order valence-electron chi connectivity index (χ3n) is 6.90. The first-order valence-electron chi connectivity index (χ1n) is 11.5. The Morgan fingerprint density at radius 1 is 1.03 bits per heavy atom. The van der Waals surface area contributed by atoms with E-state index in [9.17, 15) is 9.59 Å². The van der Waals surface area contributed by atoms with E-state index in [0.717, 1.165) is 63.7 Å². The van der Waals surface area contributed by atoms with E-state index >= 15 is 0 Å². The maximum atomic E-state index is 12.8. The number of likely N-dealkylation sites (tertiary alicyclic amines) is 2. The maximum absolute atomic E-state index is 12.8. The average molecular weight is 399 g/mol. The Morgan fingerprint density at radius 3 is 2.48 bits per heavy atom. The topological polar surface area (TPSA) is 65.5 Å². The summed E-state index contributed by atoms with van der Waals surface area (Å²) in [4.78, 5) is 33.0. The fraction of sp³-hybridized carbons (Fsp3) is 0.696. The van der Waals surface area contributed by atoms with Crippen molar-refractivity contribution < 1.29 is 9.59 Å². The van der Waals surface area contributed by atoms with Crippen LogP contribution in [0.2, 0.25) is 0 Å². The van der Waals surface area contributed by atoms with Crippen LogP contribution in [0.15, 0.2) is 18.3 Å². The Labute approximate surface area is 174 Å². The van der Waals surface area contributed by atoms with E-state index in [1.54, 1.807) is 6.20 Å². The van der Waals surface area contributed by atoms with Gasteiger partial charge in [-0.1, -0.05) is 25.7 Å². The van der Waals surface area contributed by atoms with Gasteiger partial charge in [-0.3, -0.25) is 9.59 Å². The minimum absolute atomic E-state index is 0.0747. The van der Waals surface area contributed by atoms with E-state index < -0.39 is 0 Å². The van der Waals surface area contributed by atoms with Crippen molar-refractivity contribution in [2.45, 2.75) is 57.8 Å². The molecule has 0 spiro atoms. The van der Waals surface area contributed by atoms with Gasteiger partial charge in [-0.2, -0.15) is 0 Å². The van der Waals surface area contributed by atoms with E-state index in [4.69, 9.17) is 0 Å². The van der Waals surface area contributed by atoms with Crippen LogP contribution in [0, 0.1) is 11.8 Å². The minimum atomic E-state index is 0.0747. The maximum Gasteiger partial charge on any atom is 0.255 e. The first kappa shape index (κ1) is 20.2. The van der Waals surface area contributed by atoms with Gasteiger partial charge in [0.2, 0.25) is 5.91 Å². The number of aromatic nitrogens is 1. The molecule has 3 aliphatic rings. The molecule has 1 N–H and O–H groups in total. The number of amides is 2. The van der Waals surface area contributed by atoms with Gasteiger partial charge in [-0.25, -0.2) is 4.98 Å². The first-order valence-corrected chi connectivity index (χ1v) is 11.5. The van der Waals surface area contributed by atoms with Gasteiger partial charge in [-0.05, 0) is 49.7 Å². The number of carbonyl (C=O) groups is 2. The SMILES string of the molecule is O=C1CCCN1CC1CCN(C(=O)c2ccc(NCCC3CCCC3)nc2)CC1. The highest BCUT2D eigenvalue weighted by atomic mass is 16.2. The minimum Gasteiger partial charge on any atom is -0.370 e. The number of hydrogen-bond donors (Lipinski definition) is 1. The molecule has 2 amide bonds. The second kappa shape index (κ2) is 9.59. The number of rotatable bonds is 7.